The first-order valence-corrected chi connectivity index (χ1v) is 7.70. The minimum absolute atomic E-state index is 0.241. The summed E-state index contributed by atoms with van der Waals surface area (Å²) in [5, 5.41) is 31.9. The number of ether oxygens (including phenoxy) is 2. The first-order valence-electron chi connectivity index (χ1n) is 7.29. The minimum Gasteiger partial charge on any atom is -0.463 e. The van der Waals surface area contributed by atoms with Crippen molar-refractivity contribution in [2.75, 3.05) is 6.61 Å². The number of carbonyl (C=O) groups is 1. The van der Waals surface area contributed by atoms with Crippen LogP contribution in [0.5, 0.6) is 5.75 Å². The van der Waals surface area contributed by atoms with Crippen LogP contribution in [-0.4, -0.2) is 63.5 Å². The van der Waals surface area contributed by atoms with Crippen LogP contribution in [0.4, 0.5) is 0 Å². The number of thiocarbonyl (C=S) groups is 1. The number of amides is 1. The maximum Gasteiger partial charge on any atom is 0.223 e. The van der Waals surface area contributed by atoms with Gasteiger partial charge in [-0.1, -0.05) is 12.2 Å². The molecule has 0 saturated carbocycles. The largest absolute Gasteiger partial charge is 0.463 e. The Labute approximate surface area is 144 Å². The maximum atomic E-state index is 11.3. The second kappa shape index (κ2) is 7.86. The summed E-state index contributed by atoms with van der Waals surface area (Å²) in [4.78, 5) is 11.6. The Balaban J connectivity index is 2.19. The van der Waals surface area contributed by atoms with Gasteiger partial charge in [-0.3, -0.25) is 4.79 Å². The fraction of sp³-hybridized carbons (Fsp3) is 0.467. The smallest absolute Gasteiger partial charge is 0.223 e. The van der Waals surface area contributed by atoms with Gasteiger partial charge >= 0.3 is 0 Å². The molecule has 1 aromatic rings. The molecule has 1 fully saturated rings. The SMILES string of the molecule is CC(=O)N[C@@H]1[C@@H](Oc2ccc(C(N)=S)cc2)O[C@H](CO)[C@H](O)[C@@H]1O. The van der Waals surface area contributed by atoms with Crippen molar-refractivity contribution in [3.63, 3.8) is 0 Å². The zero-order valence-electron chi connectivity index (χ0n) is 13.0. The van der Waals surface area contributed by atoms with Crippen molar-refractivity contribution >= 4 is 23.1 Å². The van der Waals surface area contributed by atoms with Crippen LogP contribution in [0.15, 0.2) is 24.3 Å². The first-order chi connectivity index (χ1) is 11.3. The predicted molar refractivity (Wildman–Crippen MR) is 88.3 cm³/mol. The number of carbonyl (C=O) groups excluding carboxylic acids is 1. The predicted octanol–water partition coefficient (Wildman–Crippen LogP) is -1.36. The van der Waals surface area contributed by atoms with Crippen LogP contribution >= 0.6 is 12.2 Å². The molecule has 2 rings (SSSR count). The van der Waals surface area contributed by atoms with E-state index in [0.717, 1.165) is 0 Å². The van der Waals surface area contributed by atoms with E-state index in [1.165, 1.54) is 6.92 Å². The lowest BCUT2D eigenvalue weighted by atomic mass is 9.97. The summed E-state index contributed by atoms with van der Waals surface area (Å²) in [6.45, 7) is 0.760. The van der Waals surface area contributed by atoms with Crippen molar-refractivity contribution in [3.8, 4) is 5.75 Å². The van der Waals surface area contributed by atoms with Gasteiger partial charge in [-0.05, 0) is 24.3 Å². The number of hydrogen-bond donors (Lipinski definition) is 5. The van der Waals surface area contributed by atoms with Gasteiger partial charge in [-0.25, -0.2) is 0 Å². The van der Waals surface area contributed by atoms with Gasteiger partial charge in [-0.15, -0.1) is 0 Å². The molecular weight excluding hydrogens is 336 g/mol. The fourth-order valence-corrected chi connectivity index (χ4v) is 2.54. The number of aliphatic hydroxyl groups excluding tert-OH is 3. The van der Waals surface area contributed by atoms with Gasteiger partial charge < -0.3 is 35.8 Å². The molecule has 5 atom stereocenters. The van der Waals surface area contributed by atoms with Crippen LogP contribution in [0.2, 0.25) is 0 Å². The van der Waals surface area contributed by atoms with Crippen molar-refractivity contribution in [1.29, 1.82) is 0 Å². The van der Waals surface area contributed by atoms with Gasteiger partial charge in [0.1, 0.15) is 35.1 Å². The summed E-state index contributed by atoms with van der Waals surface area (Å²) in [5.74, 6) is -0.0367. The molecular formula is C15H20N2O6S. The molecule has 0 radical (unpaired) electrons. The van der Waals surface area contributed by atoms with E-state index in [0.29, 0.717) is 11.3 Å². The third-order valence-corrected chi connectivity index (χ3v) is 3.88. The van der Waals surface area contributed by atoms with Crippen molar-refractivity contribution in [2.24, 2.45) is 5.73 Å². The van der Waals surface area contributed by atoms with E-state index >= 15 is 0 Å². The Bertz CT molecular complexity index is 596. The Morgan fingerprint density at radius 3 is 2.46 bits per heavy atom. The molecule has 0 unspecified atom stereocenters. The molecule has 0 spiro atoms. The lowest BCUT2D eigenvalue weighted by Gasteiger charge is -2.42. The number of aliphatic hydroxyl groups is 3. The number of benzene rings is 1. The van der Waals surface area contributed by atoms with Crippen molar-refractivity contribution in [2.45, 2.75) is 37.6 Å². The quantitative estimate of drug-likeness (QED) is 0.409. The minimum atomic E-state index is -1.36. The van der Waals surface area contributed by atoms with Crippen molar-refractivity contribution in [1.82, 2.24) is 5.32 Å². The van der Waals surface area contributed by atoms with Gasteiger partial charge in [-0.2, -0.15) is 0 Å². The summed E-state index contributed by atoms with van der Waals surface area (Å²) in [5.41, 5.74) is 6.18. The standard InChI is InChI=1S/C15H20N2O6S/c1-7(19)17-11-13(21)12(20)10(6-18)23-15(11)22-9-4-2-8(3-5-9)14(16)24/h2-5,10-13,15,18,20-21H,6H2,1H3,(H2,16,24)(H,17,19)/t10-,11+,12+,13-,15+/m1/s1. The Morgan fingerprint density at radius 2 is 1.96 bits per heavy atom. The summed E-state index contributed by atoms with van der Waals surface area (Å²) < 4.78 is 11.1. The molecule has 24 heavy (non-hydrogen) atoms. The molecule has 6 N–H and O–H groups in total. The third-order valence-electron chi connectivity index (χ3n) is 3.64. The van der Waals surface area contributed by atoms with Crippen LogP contribution in [0.3, 0.4) is 0 Å². The van der Waals surface area contributed by atoms with Gasteiger partial charge in [0.2, 0.25) is 12.2 Å². The lowest BCUT2D eigenvalue weighted by molar-refractivity contribution is -0.244. The topological polar surface area (TPSA) is 134 Å². The summed E-state index contributed by atoms with van der Waals surface area (Å²) in [6, 6.07) is 5.52. The van der Waals surface area contributed by atoms with Crippen LogP contribution in [0.1, 0.15) is 12.5 Å². The average molecular weight is 356 g/mol. The van der Waals surface area contributed by atoms with Gasteiger partial charge in [0.25, 0.3) is 0 Å². The highest BCUT2D eigenvalue weighted by Gasteiger charge is 2.46. The average Bonchev–Trinajstić information content (AvgIpc) is 2.54. The lowest BCUT2D eigenvalue weighted by Crippen LogP contribution is -2.65. The number of nitrogens with one attached hydrogen (secondary N) is 1. The molecule has 1 aromatic carbocycles. The zero-order valence-corrected chi connectivity index (χ0v) is 13.8. The van der Waals surface area contributed by atoms with Crippen molar-refractivity contribution < 1.29 is 29.6 Å². The highest BCUT2D eigenvalue weighted by Crippen LogP contribution is 2.24. The van der Waals surface area contributed by atoms with E-state index < -0.39 is 43.2 Å². The van der Waals surface area contributed by atoms with E-state index in [2.05, 4.69) is 5.32 Å². The molecule has 132 valence electrons. The zero-order chi connectivity index (χ0) is 17.9. The summed E-state index contributed by atoms with van der Waals surface area (Å²) in [6.07, 6.45) is -4.85. The van der Waals surface area contributed by atoms with Crippen molar-refractivity contribution in [3.05, 3.63) is 29.8 Å². The second-order valence-corrected chi connectivity index (χ2v) is 5.88. The van der Waals surface area contributed by atoms with E-state index in [1.807, 2.05) is 0 Å². The van der Waals surface area contributed by atoms with E-state index in [4.69, 9.17) is 27.4 Å². The number of rotatable bonds is 5. The third kappa shape index (κ3) is 4.19. The first kappa shape index (κ1) is 18.6. The van der Waals surface area contributed by atoms with E-state index in [-0.39, 0.29) is 4.99 Å². The van der Waals surface area contributed by atoms with Crippen LogP contribution in [0, 0.1) is 0 Å². The van der Waals surface area contributed by atoms with Crippen LogP contribution in [-0.2, 0) is 9.53 Å². The highest BCUT2D eigenvalue weighted by atomic mass is 32.1. The van der Waals surface area contributed by atoms with Crippen LogP contribution in [0.25, 0.3) is 0 Å². The Morgan fingerprint density at radius 1 is 1.33 bits per heavy atom. The van der Waals surface area contributed by atoms with Gasteiger partial charge in [0.15, 0.2) is 0 Å². The normalized spacial score (nSPS) is 29.8. The Kier molecular flexibility index (Phi) is 6.08. The molecule has 1 aliphatic rings. The molecule has 1 amide bonds. The number of hydrogen-bond acceptors (Lipinski definition) is 7. The van der Waals surface area contributed by atoms with Gasteiger partial charge in [0.05, 0.1) is 6.61 Å². The van der Waals surface area contributed by atoms with E-state index in [1.54, 1.807) is 24.3 Å². The summed E-state index contributed by atoms with van der Waals surface area (Å²) in [7, 11) is 0. The molecule has 1 aliphatic heterocycles. The van der Waals surface area contributed by atoms with Gasteiger partial charge in [0, 0.05) is 12.5 Å². The summed E-state index contributed by atoms with van der Waals surface area (Å²) >= 11 is 4.87. The Hall–Kier alpha value is -1.78. The molecule has 0 aliphatic carbocycles. The monoisotopic (exact) mass is 356 g/mol. The molecule has 0 bridgehead atoms. The molecule has 9 heteroatoms. The number of nitrogens with two attached hydrogens (primary N) is 1. The maximum absolute atomic E-state index is 11.3. The highest BCUT2D eigenvalue weighted by molar-refractivity contribution is 7.80. The molecule has 1 heterocycles. The van der Waals surface area contributed by atoms with Crippen LogP contribution < -0.4 is 15.8 Å². The second-order valence-electron chi connectivity index (χ2n) is 5.44. The fourth-order valence-electron chi connectivity index (χ4n) is 2.40. The molecule has 8 nitrogen and oxygen atoms in total. The molecule has 0 aromatic heterocycles. The van der Waals surface area contributed by atoms with E-state index in [9.17, 15) is 20.1 Å². The molecule has 1 saturated heterocycles.